The summed E-state index contributed by atoms with van der Waals surface area (Å²) in [5.41, 5.74) is -0.351. The lowest BCUT2D eigenvalue weighted by Gasteiger charge is -2.11. The molecule has 0 saturated heterocycles. The van der Waals surface area contributed by atoms with Crippen LogP contribution in [0.5, 0.6) is 11.5 Å². The number of halogens is 1. The van der Waals surface area contributed by atoms with E-state index in [0.29, 0.717) is 25.4 Å². The standard InChI is InChI=1S/C16H14FNO5S/c17-13-5-2-1-4-12(13)16(19)18-24(20,21)11-6-7-14-15(10-11)23-9-3-8-22-14/h1-2,4-7,10H,3,8-9H2,(H,18,19). The van der Waals surface area contributed by atoms with Crippen LogP contribution in [0.2, 0.25) is 0 Å². The number of hydrogen-bond acceptors (Lipinski definition) is 5. The molecule has 0 saturated carbocycles. The van der Waals surface area contributed by atoms with Crippen LogP contribution < -0.4 is 14.2 Å². The number of hydrogen-bond donors (Lipinski definition) is 1. The van der Waals surface area contributed by atoms with Gasteiger partial charge in [0.15, 0.2) is 11.5 Å². The molecule has 8 heteroatoms. The minimum atomic E-state index is -4.17. The van der Waals surface area contributed by atoms with Crippen LogP contribution in [0.25, 0.3) is 0 Å². The largest absolute Gasteiger partial charge is 0.490 e. The molecular formula is C16H14FNO5S. The van der Waals surface area contributed by atoms with Crippen LogP contribution in [-0.4, -0.2) is 27.5 Å². The molecule has 2 aromatic carbocycles. The normalized spacial score (nSPS) is 13.9. The van der Waals surface area contributed by atoms with Gasteiger partial charge in [-0.3, -0.25) is 4.79 Å². The van der Waals surface area contributed by atoms with Gasteiger partial charge in [-0.2, -0.15) is 0 Å². The van der Waals surface area contributed by atoms with Crippen LogP contribution in [0.15, 0.2) is 47.4 Å². The maximum Gasteiger partial charge on any atom is 0.267 e. The number of carbonyl (C=O) groups is 1. The number of carbonyl (C=O) groups excluding carboxylic acids is 1. The molecule has 1 aliphatic rings. The second kappa shape index (κ2) is 6.48. The zero-order valence-corrected chi connectivity index (χ0v) is 13.3. The topological polar surface area (TPSA) is 81.7 Å². The smallest absolute Gasteiger partial charge is 0.267 e. The molecule has 6 nitrogen and oxygen atoms in total. The first kappa shape index (κ1) is 16.3. The fourth-order valence-corrected chi connectivity index (χ4v) is 3.17. The second-order valence-corrected chi connectivity index (χ2v) is 6.76. The van der Waals surface area contributed by atoms with Crippen molar-refractivity contribution in [3.8, 4) is 11.5 Å². The highest BCUT2D eigenvalue weighted by molar-refractivity contribution is 7.90. The van der Waals surface area contributed by atoms with E-state index in [2.05, 4.69) is 0 Å². The molecular weight excluding hydrogens is 337 g/mol. The first-order valence-corrected chi connectivity index (χ1v) is 8.67. The van der Waals surface area contributed by atoms with E-state index in [0.717, 1.165) is 6.07 Å². The predicted molar refractivity (Wildman–Crippen MR) is 83.1 cm³/mol. The molecule has 1 heterocycles. The van der Waals surface area contributed by atoms with Gasteiger partial charge < -0.3 is 9.47 Å². The van der Waals surface area contributed by atoms with Gasteiger partial charge in [-0.15, -0.1) is 0 Å². The summed E-state index contributed by atoms with van der Waals surface area (Å²) in [5.74, 6) is -1.12. The van der Waals surface area contributed by atoms with E-state index in [1.165, 1.54) is 36.4 Å². The van der Waals surface area contributed by atoms with Gasteiger partial charge in [0.25, 0.3) is 15.9 Å². The van der Waals surface area contributed by atoms with Crippen LogP contribution in [0.3, 0.4) is 0 Å². The van der Waals surface area contributed by atoms with Crippen LogP contribution >= 0.6 is 0 Å². The molecule has 0 aliphatic carbocycles. The minimum absolute atomic E-state index is 0.170. The fraction of sp³-hybridized carbons (Fsp3) is 0.188. The number of nitrogens with one attached hydrogen (secondary N) is 1. The number of fused-ring (bicyclic) bond motifs is 1. The third-order valence-electron chi connectivity index (χ3n) is 3.37. The van der Waals surface area contributed by atoms with E-state index in [1.807, 2.05) is 4.72 Å². The number of ether oxygens (including phenoxy) is 2. The molecule has 0 fully saturated rings. The molecule has 0 unspecified atom stereocenters. The Labute approximate surface area is 138 Å². The van der Waals surface area contributed by atoms with Crippen molar-refractivity contribution in [2.75, 3.05) is 13.2 Å². The van der Waals surface area contributed by atoms with E-state index >= 15 is 0 Å². The SMILES string of the molecule is O=C(NS(=O)(=O)c1ccc2c(c1)OCCCO2)c1ccccc1F. The summed E-state index contributed by atoms with van der Waals surface area (Å²) in [7, 11) is -4.17. The number of amides is 1. The number of sulfonamides is 1. The Balaban J connectivity index is 1.87. The Morgan fingerprint density at radius 3 is 2.50 bits per heavy atom. The highest BCUT2D eigenvalue weighted by Crippen LogP contribution is 2.31. The minimum Gasteiger partial charge on any atom is -0.490 e. The van der Waals surface area contributed by atoms with Crippen molar-refractivity contribution in [3.63, 3.8) is 0 Å². The first-order valence-electron chi connectivity index (χ1n) is 7.19. The molecule has 24 heavy (non-hydrogen) atoms. The molecule has 2 aromatic rings. The molecule has 0 radical (unpaired) electrons. The molecule has 1 amide bonds. The fourth-order valence-electron chi connectivity index (χ4n) is 2.19. The van der Waals surface area contributed by atoms with Crippen LogP contribution in [0, 0.1) is 5.82 Å². The monoisotopic (exact) mass is 351 g/mol. The molecule has 0 atom stereocenters. The lowest BCUT2D eigenvalue weighted by molar-refractivity contribution is 0.0977. The highest BCUT2D eigenvalue weighted by Gasteiger charge is 2.23. The molecule has 126 valence electrons. The van der Waals surface area contributed by atoms with Crippen molar-refractivity contribution < 1.29 is 27.1 Å². The van der Waals surface area contributed by atoms with E-state index in [1.54, 1.807) is 0 Å². The van der Waals surface area contributed by atoms with Gasteiger partial charge in [-0.1, -0.05) is 12.1 Å². The van der Waals surface area contributed by atoms with E-state index in [-0.39, 0.29) is 16.2 Å². The summed E-state index contributed by atoms with van der Waals surface area (Å²) in [6, 6.07) is 9.16. The van der Waals surface area contributed by atoms with Gasteiger partial charge in [0, 0.05) is 12.5 Å². The van der Waals surface area contributed by atoms with Gasteiger partial charge >= 0.3 is 0 Å². The summed E-state index contributed by atoms with van der Waals surface area (Å²) in [6.45, 7) is 0.876. The Bertz CT molecular complexity index is 882. The first-order chi connectivity index (χ1) is 11.5. The summed E-state index contributed by atoms with van der Waals surface area (Å²) >= 11 is 0. The Hall–Kier alpha value is -2.61. The lowest BCUT2D eigenvalue weighted by atomic mass is 10.2. The summed E-state index contributed by atoms with van der Waals surface area (Å²) < 4.78 is 51.0. The molecule has 0 aromatic heterocycles. The second-order valence-electron chi connectivity index (χ2n) is 5.07. The molecule has 1 aliphatic heterocycles. The highest BCUT2D eigenvalue weighted by atomic mass is 32.2. The number of rotatable bonds is 3. The Kier molecular flexibility index (Phi) is 4.39. The Morgan fingerprint density at radius 1 is 1.04 bits per heavy atom. The molecule has 0 spiro atoms. The van der Waals surface area contributed by atoms with Crippen LogP contribution in [0.4, 0.5) is 4.39 Å². The summed E-state index contributed by atoms with van der Waals surface area (Å²) in [5, 5.41) is 0. The Morgan fingerprint density at radius 2 is 1.75 bits per heavy atom. The van der Waals surface area contributed by atoms with Crippen molar-refractivity contribution in [1.29, 1.82) is 0 Å². The average Bonchev–Trinajstić information content (AvgIpc) is 2.79. The van der Waals surface area contributed by atoms with Gasteiger partial charge in [0.1, 0.15) is 5.82 Å². The number of benzene rings is 2. The van der Waals surface area contributed by atoms with E-state index in [4.69, 9.17) is 9.47 Å². The molecule has 1 N–H and O–H groups in total. The summed E-state index contributed by atoms with van der Waals surface area (Å²) in [4.78, 5) is 11.8. The predicted octanol–water partition coefficient (Wildman–Crippen LogP) is 2.11. The maximum absolute atomic E-state index is 13.6. The third kappa shape index (κ3) is 3.33. The maximum atomic E-state index is 13.6. The van der Waals surface area contributed by atoms with Crippen molar-refractivity contribution in [1.82, 2.24) is 4.72 Å². The van der Waals surface area contributed by atoms with Crippen LogP contribution in [-0.2, 0) is 10.0 Å². The van der Waals surface area contributed by atoms with E-state index in [9.17, 15) is 17.6 Å². The zero-order valence-electron chi connectivity index (χ0n) is 12.5. The quantitative estimate of drug-likeness (QED) is 0.916. The van der Waals surface area contributed by atoms with Crippen molar-refractivity contribution in [3.05, 3.63) is 53.8 Å². The van der Waals surface area contributed by atoms with Gasteiger partial charge in [-0.25, -0.2) is 17.5 Å². The van der Waals surface area contributed by atoms with Gasteiger partial charge in [-0.05, 0) is 24.3 Å². The zero-order chi connectivity index (χ0) is 17.2. The van der Waals surface area contributed by atoms with Gasteiger partial charge in [0.05, 0.1) is 23.7 Å². The molecule has 0 bridgehead atoms. The summed E-state index contributed by atoms with van der Waals surface area (Å²) in [6.07, 6.45) is 0.681. The van der Waals surface area contributed by atoms with Crippen molar-refractivity contribution in [2.24, 2.45) is 0 Å². The average molecular weight is 351 g/mol. The van der Waals surface area contributed by atoms with Crippen molar-refractivity contribution >= 4 is 15.9 Å². The van der Waals surface area contributed by atoms with Crippen molar-refractivity contribution in [2.45, 2.75) is 11.3 Å². The lowest BCUT2D eigenvalue weighted by Crippen LogP contribution is -2.31. The molecule has 3 rings (SSSR count). The van der Waals surface area contributed by atoms with Crippen LogP contribution in [0.1, 0.15) is 16.8 Å². The van der Waals surface area contributed by atoms with Gasteiger partial charge in [0.2, 0.25) is 0 Å². The third-order valence-corrected chi connectivity index (χ3v) is 4.70. The van der Waals surface area contributed by atoms with E-state index < -0.39 is 21.7 Å².